The Labute approximate surface area is 133 Å². The summed E-state index contributed by atoms with van der Waals surface area (Å²) in [5, 5.41) is 0. The van der Waals surface area contributed by atoms with Crippen LogP contribution in [0.25, 0.3) is 0 Å². The first-order valence-corrected chi connectivity index (χ1v) is 9.00. The number of hydrogen-bond acceptors (Lipinski definition) is 4. The third-order valence-electron chi connectivity index (χ3n) is 5.08. The lowest BCUT2D eigenvalue weighted by Gasteiger charge is -2.23. The van der Waals surface area contributed by atoms with Crippen LogP contribution in [0.2, 0.25) is 0 Å². The van der Waals surface area contributed by atoms with Crippen LogP contribution in [-0.2, 0) is 19.1 Å². The maximum atomic E-state index is 12.0. The minimum Gasteiger partial charge on any atom is -0.465 e. The van der Waals surface area contributed by atoms with E-state index in [2.05, 4.69) is 0 Å². The average Bonchev–Trinajstić information content (AvgIpc) is 2.58. The fourth-order valence-corrected chi connectivity index (χ4v) is 3.45. The second-order valence-electron chi connectivity index (χ2n) is 6.99. The monoisotopic (exact) mass is 310 g/mol. The summed E-state index contributed by atoms with van der Waals surface area (Å²) in [6, 6.07) is 0. The van der Waals surface area contributed by atoms with E-state index in [9.17, 15) is 9.59 Å². The van der Waals surface area contributed by atoms with Crippen LogP contribution in [-0.4, -0.2) is 25.2 Å². The molecule has 0 unspecified atom stereocenters. The van der Waals surface area contributed by atoms with Crippen LogP contribution in [0.15, 0.2) is 0 Å². The van der Waals surface area contributed by atoms with Gasteiger partial charge in [0.2, 0.25) is 0 Å². The molecule has 2 saturated carbocycles. The van der Waals surface area contributed by atoms with E-state index in [4.69, 9.17) is 9.47 Å². The zero-order valence-corrected chi connectivity index (χ0v) is 13.9. The average molecular weight is 310 g/mol. The minimum absolute atomic E-state index is 0.431. The topological polar surface area (TPSA) is 52.6 Å². The van der Waals surface area contributed by atoms with Gasteiger partial charge in [-0.25, -0.2) is 0 Å². The summed E-state index contributed by atoms with van der Waals surface area (Å²) in [6.45, 7) is 2.50. The molecule has 0 aromatic rings. The summed E-state index contributed by atoms with van der Waals surface area (Å²) in [4.78, 5) is 23.9. The van der Waals surface area contributed by atoms with Crippen molar-refractivity contribution in [3.8, 4) is 0 Å². The zero-order chi connectivity index (χ0) is 15.8. The van der Waals surface area contributed by atoms with Crippen molar-refractivity contribution in [1.82, 2.24) is 0 Å². The summed E-state index contributed by atoms with van der Waals surface area (Å²) < 4.78 is 10.6. The predicted octanol–water partition coefficient (Wildman–Crippen LogP) is 3.87. The smallest absolute Gasteiger partial charge is 0.320 e. The third kappa shape index (κ3) is 5.62. The van der Waals surface area contributed by atoms with Crippen molar-refractivity contribution in [3.05, 3.63) is 0 Å². The van der Waals surface area contributed by atoms with Gasteiger partial charge in [0.15, 0.2) is 5.92 Å². The number of esters is 2. The normalized spacial score (nSPS) is 20.8. The maximum absolute atomic E-state index is 12.0. The highest BCUT2D eigenvalue weighted by Gasteiger charge is 2.27. The lowest BCUT2D eigenvalue weighted by molar-refractivity contribution is -0.163. The molecule has 0 radical (unpaired) electrons. The van der Waals surface area contributed by atoms with E-state index in [0.29, 0.717) is 25.0 Å². The standard InChI is InChI=1S/C18H30O4/c1-14(17(19)21-12-15-8-4-2-5-9-15)18(20)22-13-16-10-6-3-7-11-16/h14-16H,2-13H2,1H3. The van der Waals surface area contributed by atoms with E-state index in [1.807, 2.05) is 0 Å². The Kier molecular flexibility index (Phi) is 7.20. The highest BCUT2D eigenvalue weighted by Crippen LogP contribution is 2.25. The molecule has 0 N–H and O–H groups in total. The van der Waals surface area contributed by atoms with E-state index in [1.54, 1.807) is 6.92 Å². The molecule has 0 atom stereocenters. The fourth-order valence-electron chi connectivity index (χ4n) is 3.45. The van der Waals surface area contributed by atoms with Crippen molar-refractivity contribution in [2.24, 2.45) is 17.8 Å². The van der Waals surface area contributed by atoms with Crippen LogP contribution < -0.4 is 0 Å². The van der Waals surface area contributed by atoms with Gasteiger partial charge in [-0.1, -0.05) is 38.5 Å². The Morgan fingerprint density at radius 2 is 1.14 bits per heavy atom. The lowest BCUT2D eigenvalue weighted by Crippen LogP contribution is -2.29. The predicted molar refractivity (Wildman–Crippen MR) is 84.2 cm³/mol. The van der Waals surface area contributed by atoms with Crippen molar-refractivity contribution in [2.75, 3.05) is 13.2 Å². The third-order valence-corrected chi connectivity index (χ3v) is 5.08. The minimum atomic E-state index is -0.799. The van der Waals surface area contributed by atoms with E-state index in [-0.39, 0.29) is 0 Å². The first kappa shape index (κ1) is 17.3. The number of hydrogen-bond donors (Lipinski definition) is 0. The Bertz CT molecular complexity index is 320. The first-order valence-electron chi connectivity index (χ1n) is 9.00. The number of carbonyl (C=O) groups excluding carboxylic acids is 2. The quantitative estimate of drug-likeness (QED) is 0.552. The maximum Gasteiger partial charge on any atom is 0.320 e. The molecule has 2 aliphatic carbocycles. The Morgan fingerprint density at radius 3 is 1.50 bits per heavy atom. The van der Waals surface area contributed by atoms with E-state index >= 15 is 0 Å². The van der Waals surface area contributed by atoms with Crippen LogP contribution in [0, 0.1) is 17.8 Å². The molecule has 2 rings (SSSR count). The molecule has 0 bridgehead atoms. The Morgan fingerprint density at radius 1 is 0.773 bits per heavy atom. The molecule has 126 valence electrons. The first-order chi connectivity index (χ1) is 10.7. The van der Waals surface area contributed by atoms with Crippen molar-refractivity contribution >= 4 is 11.9 Å². The van der Waals surface area contributed by atoms with Gasteiger partial charge in [-0.15, -0.1) is 0 Å². The van der Waals surface area contributed by atoms with Gasteiger partial charge in [-0.3, -0.25) is 9.59 Å². The molecule has 0 aromatic carbocycles. The van der Waals surface area contributed by atoms with Gasteiger partial charge < -0.3 is 9.47 Å². The fraction of sp³-hybridized carbons (Fsp3) is 0.889. The summed E-state index contributed by atoms with van der Waals surface area (Å²) in [6.07, 6.45) is 12.0. The summed E-state index contributed by atoms with van der Waals surface area (Å²) in [5.41, 5.74) is 0. The SMILES string of the molecule is CC(C(=O)OCC1CCCCC1)C(=O)OCC1CCCCC1. The van der Waals surface area contributed by atoms with Crippen LogP contribution in [0.5, 0.6) is 0 Å². The van der Waals surface area contributed by atoms with Gasteiger partial charge in [0.05, 0.1) is 13.2 Å². The molecule has 2 aliphatic rings. The number of ether oxygens (including phenoxy) is 2. The Balaban J connectivity index is 1.64. The van der Waals surface area contributed by atoms with E-state index < -0.39 is 17.9 Å². The zero-order valence-electron chi connectivity index (χ0n) is 13.9. The highest BCUT2D eigenvalue weighted by molar-refractivity contribution is 5.94. The van der Waals surface area contributed by atoms with Crippen molar-refractivity contribution in [1.29, 1.82) is 0 Å². The second-order valence-corrected chi connectivity index (χ2v) is 6.99. The van der Waals surface area contributed by atoms with E-state index in [1.165, 1.54) is 38.5 Å². The molecule has 0 saturated heterocycles. The molecule has 0 aliphatic heterocycles. The van der Waals surface area contributed by atoms with Crippen molar-refractivity contribution in [2.45, 2.75) is 71.1 Å². The number of rotatable bonds is 6. The van der Waals surface area contributed by atoms with Crippen LogP contribution >= 0.6 is 0 Å². The van der Waals surface area contributed by atoms with Crippen LogP contribution in [0.3, 0.4) is 0 Å². The van der Waals surface area contributed by atoms with Gasteiger partial charge in [0, 0.05) is 0 Å². The molecule has 0 amide bonds. The second kappa shape index (κ2) is 9.16. The van der Waals surface area contributed by atoms with E-state index in [0.717, 1.165) is 25.7 Å². The molecule has 22 heavy (non-hydrogen) atoms. The summed E-state index contributed by atoms with van der Waals surface area (Å²) >= 11 is 0. The largest absolute Gasteiger partial charge is 0.465 e. The molecular formula is C18H30O4. The molecular weight excluding hydrogens is 280 g/mol. The van der Waals surface area contributed by atoms with Crippen molar-refractivity contribution < 1.29 is 19.1 Å². The molecule has 4 heteroatoms. The molecule has 0 aromatic heterocycles. The molecule has 0 spiro atoms. The van der Waals surface area contributed by atoms with Crippen molar-refractivity contribution in [3.63, 3.8) is 0 Å². The molecule has 4 nitrogen and oxygen atoms in total. The van der Waals surface area contributed by atoms with Gasteiger partial charge in [-0.2, -0.15) is 0 Å². The molecule has 2 fully saturated rings. The van der Waals surface area contributed by atoms with Gasteiger partial charge in [-0.05, 0) is 44.4 Å². The summed E-state index contributed by atoms with van der Waals surface area (Å²) in [5.74, 6) is -0.711. The number of carbonyl (C=O) groups is 2. The van der Waals surface area contributed by atoms with Gasteiger partial charge in [0.25, 0.3) is 0 Å². The lowest BCUT2D eigenvalue weighted by atomic mass is 9.90. The Hall–Kier alpha value is -1.06. The molecule has 0 heterocycles. The highest BCUT2D eigenvalue weighted by atomic mass is 16.6. The van der Waals surface area contributed by atoms with Crippen LogP contribution in [0.4, 0.5) is 0 Å². The van der Waals surface area contributed by atoms with Gasteiger partial charge in [0.1, 0.15) is 0 Å². The summed E-state index contributed by atoms with van der Waals surface area (Å²) in [7, 11) is 0. The van der Waals surface area contributed by atoms with Crippen LogP contribution in [0.1, 0.15) is 71.1 Å². The van der Waals surface area contributed by atoms with Gasteiger partial charge >= 0.3 is 11.9 Å².